The molecule has 0 bridgehead atoms. The van der Waals surface area contributed by atoms with Gasteiger partial charge in [-0.05, 0) is 43.0 Å². The van der Waals surface area contributed by atoms with Crippen molar-refractivity contribution in [2.45, 2.75) is 32.6 Å². The van der Waals surface area contributed by atoms with Crippen molar-refractivity contribution in [1.29, 1.82) is 0 Å². The summed E-state index contributed by atoms with van der Waals surface area (Å²) < 4.78 is 5.35. The summed E-state index contributed by atoms with van der Waals surface area (Å²) in [5.41, 5.74) is 8.27. The number of nitrogens with two attached hydrogens (primary N) is 1. The second kappa shape index (κ2) is 9.53. The predicted molar refractivity (Wildman–Crippen MR) is 97.1 cm³/mol. The van der Waals surface area contributed by atoms with Gasteiger partial charge in [-0.15, -0.1) is 0 Å². The summed E-state index contributed by atoms with van der Waals surface area (Å²) >= 11 is 0. The fraction of sp³-hybridized carbons (Fsp3) is 0.611. The van der Waals surface area contributed by atoms with Crippen molar-refractivity contribution in [1.82, 2.24) is 4.90 Å². The van der Waals surface area contributed by atoms with Gasteiger partial charge in [0.2, 0.25) is 0 Å². The van der Waals surface area contributed by atoms with Crippen LogP contribution in [-0.4, -0.2) is 50.3 Å². The third kappa shape index (κ3) is 6.59. The second-order valence-corrected chi connectivity index (χ2v) is 6.33. The van der Waals surface area contributed by atoms with E-state index in [2.05, 4.69) is 41.2 Å². The van der Waals surface area contributed by atoms with Crippen LogP contribution in [0, 0.1) is 0 Å². The predicted octanol–water partition coefficient (Wildman–Crippen LogP) is 2.65. The maximum atomic E-state index is 5.97. The fourth-order valence-electron chi connectivity index (χ4n) is 2.63. The lowest BCUT2D eigenvalue weighted by atomic mass is 10.0. The molecule has 1 aliphatic heterocycles. The number of aliphatic imine (C=N–C) groups is 1. The minimum atomic E-state index is 0.497. The number of guanidine groups is 1. The largest absolute Gasteiger partial charge is 0.379 e. The van der Waals surface area contributed by atoms with Crippen LogP contribution < -0.4 is 11.1 Å². The van der Waals surface area contributed by atoms with E-state index in [1.54, 1.807) is 0 Å². The van der Waals surface area contributed by atoms with E-state index in [0.717, 1.165) is 57.9 Å². The van der Waals surface area contributed by atoms with Gasteiger partial charge in [0.1, 0.15) is 0 Å². The van der Waals surface area contributed by atoms with Crippen molar-refractivity contribution >= 4 is 11.6 Å². The van der Waals surface area contributed by atoms with E-state index in [0.29, 0.717) is 11.9 Å². The van der Waals surface area contributed by atoms with Crippen LogP contribution in [0.1, 0.15) is 38.2 Å². The molecule has 128 valence electrons. The van der Waals surface area contributed by atoms with Crippen LogP contribution in [0.3, 0.4) is 0 Å². The van der Waals surface area contributed by atoms with Gasteiger partial charge in [-0.2, -0.15) is 0 Å². The molecule has 5 heteroatoms. The van der Waals surface area contributed by atoms with E-state index in [9.17, 15) is 0 Å². The van der Waals surface area contributed by atoms with Crippen LogP contribution in [0.4, 0.5) is 5.69 Å². The Labute approximate surface area is 139 Å². The molecule has 0 amide bonds. The van der Waals surface area contributed by atoms with Gasteiger partial charge in [-0.3, -0.25) is 9.89 Å². The third-order valence-corrected chi connectivity index (χ3v) is 4.09. The molecule has 1 heterocycles. The molecule has 1 aromatic carbocycles. The Bertz CT molecular complexity index is 496. The monoisotopic (exact) mass is 318 g/mol. The number of hydrogen-bond acceptors (Lipinski definition) is 3. The number of nitrogens with one attached hydrogen (secondary N) is 1. The van der Waals surface area contributed by atoms with Crippen LogP contribution in [0.25, 0.3) is 0 Å². The Morgan fingerprint density at radius 3 is 2.83 bits per heavy atom. The van der Waals surface area contributed by atoms with Crippen molar-refractivity contribution < 1.29 is 4.74 Å². The molecular formula is C18H30N4O. The van der Waals surface area contributed by atoms with Gasteiger partial charge in [-0.25, -0.2) is 0 Å². The highest BCUT2D eigenvalue weighted by atomic mass is 16.5. The van der Waals surface area contributed by atoms with Gasteiger partial charge in [0, 0.05) is 25.3 Å². The van der Waals surface area contributed by atoms with Gasteiger partial charge < -0.3 is 15.8 Å². The number of unbranched alkanes of at least 4 members (excludes halogenated alkanes) is 1. The van der Waals surface area contributed by atoms with Crippen molar-refractivity contribution in [3.63, 3.8) is 0 Å². The maximum Gasteiger partial charge on any atom is 0.193 e. The molecule has 1 fully saturated rings. The lowest BCUT2D eigenvalue weighted by molar-refractivity contribution is 0.0373. The highest BCUT2D eigenvalue weighted by Crippen LogP contribution is 2.18. The normalized spacial score (nSPS) is 16.7. The van der Waals surface area contributed by atoms with E-state index < -0.39 is 0 Å². The third-order valence-electron chi connectivity index (χ3n) is 4.09. The van der Waals surface area contributed by atoms with E-state index in [-0.39, 0.29) is 0 Å². The smallest absolute Gasteiger partial charge is 0.193 e. The molecule has 0 saturated carbocycles. The number of morpholine rings is 1. The molecule has 3 N–H and O–H groups in total. The maximum absolute atomic E-state index is 5.97. The van der Waals surface area contributed by atoms with Crippen molar-refractivity contribution in [2.75, 3.05) is 44.7 Å². The lowest BCUT2D eigenvalue weighted by Gasteiger charge is -2.26. The van der Waals surface area contributed by atoms with Gasteiger partial charge in [-0.1, -0.05) is 26.0 Å². The minimum absolute atomic E-state index is 0.497. The summed E-state index contributed by atoms with van der Waals surface area (Å²) in [6.45, 7) is 10.1. The average molecular weight is 318 g/mol. The zero-order chi connectivity index (χ0) is 16.5. The molecule has 5 nitrogen and oxygen atoms in total. The van der Waals surface area contributed by atoms with Crippen LogP contribution >= 0.6 is 0 Å². The first kappa shape index (κ1) is 17.8. The SMILES string of the molecule is CC(C)c1cccc(NC(N)=NCCCCN2CCOCC2)c1. The van der Waals surface area contributed by atoms with Gasteiger partial charge >= 0.3 is 0 Å². The Morgan fingerprint density at radius 1 is 1.30 bits per heavy atom. The molecule has 0 aliphatic carbocycles. The van der Waals surface area contributed by atoms with Crippen molar-refractivity contribution in [2.24, 2.45) is 10.7 Å². The molecular weight excluding hydrogens is 288 g/mol. The van der Waals surface area contributed by atoms with Gasteiger partial charge in [0.15, 0.2) is 5.96 Å². The first-order valence-corrected chi connectivity index (χ1v) is 8.62. The Kier molecular flexibility index (Phi) is 7.36. The first-order valence-electron chi connectivity index (χ1n) is 8.62. The Morgan fingerprint density at radius 2 is 2.09 bits per heavy atom. The molecule has 1 aromatic rings. The molecule has 0 unspecified atom stereocenters. The van der Waals surface area contributed by atoms with E-state index >= 15 is 0 Å². The van der Waals surface area contributed by atoms with Crippen molar-refractivity contribution in [3.05, 3.63) is 29.8 Å². The summed E-state index contributed by atoms with van der Waals surface area (Å²) in [4.78, 5) is 6.87. The van der Waals surface area contributed by atoms with Crippen molar-refractivity contribution in [3.8, 4) is 0 Å². The quantitative estimate of drug-likeness (QED) is 0.461. The van der Waals surface area contributed by atoms with Gasteiger partial charge in [0.05, 0.1) is 13.2 Å². The zero-order valence-electron chi connectivity index (χ0n) is 14.4. The Balaban J connectivity index is 1.67. The molecule has 2 rings (SSSR count). The summed E-state index contributed by atoms with van der Waals surface area (Å²) in [6.07, 6.45) is 2.21. The number of rotatable bonds is 7. The zero-order valence-corrected chi connectivity index (χ0v) is 14.4. The van der Waals surface area contributed by atoms with Gasteiger partial charge in [0.25, 0.3) is 0 Å². The van der Waals surface area contributed by atoms with Crippen LogP contribution in [0.5, 0.6) is 0 Å². The summed E-state index contributed by atoms with van der Waals surface area (Å²) in [5, 5.41) is 3.18. The highest BCUT2D eigenvalue weighted by Gasteiger charge is 2.08. The summed E-state index contributed by atoms with van der Waals surface area (Å²) in [7, 11) is 0. The van der Waals surface area contributed by atoms with E-state index in [1.165, 1.54) is 5.56 Å². The van der Waals surface area contributed by atoms with Crippen LogP contribution in [0.15, 0.2) is 29.3 Å². The van der Waals surface area contributed by atoms with E-state index in [4.69, 9.17) is 10.5 Å². The molecule has 0 spiro atoms. The number of anilines is 1. The fourth-order valence-corrected chi connectivity index (χ4v) is 2.63. The topological polar surface area (TPSA) is 62.9 Å². The lowest BCUT2D eigenvalue weighted by Crippen LogP contribution is -2.36. The minimum Gasteiger partial charge on any atom is -0.379 e. The number of benzene rings is 1. The molecule has 0 atom stereocenters. The first-order chi connectivity index (χ1) is 11.1. The van der Waals surface area contributed by atoms with Crippen LogP contribution in [0.2, 0.25) is 0 Å². The van der Waals surface area contributed by atoms with Crippen LogP contribution in [-0.2, 0) is 4.74 Å². The Hall–Kier alpha value is -1.59. The molecule has 0 aromatic heterocycles. The average Bonchev–Trinajstić information content (AvgIpc) is 2.55. The second-order valence-electron chi connectivity index (χ2n) is 6.33. The number of ether oxygens (including phenoxy) is 1. The molecule has 1 saturated heterocycles. The standard InChI is InChI=1S/C18H30N4O/c1-15(2)16-6-5-7-17(14-16)21-18(19)20-8-3-4-9-22-10-12-23-13-11-22/h5-7,14-15H,3-4,8-13H2,1-2H3,(H3,19,20,21). The van der Waals surface area contributed by atoms with E-state index in [1.807, 2.05) is 12.1 Å². The summed E-state index contributed by atoms with van der Waals surface area (Å²) in [5.74, 6) is 1.01. The number of nitrogens with zero attached hydrogens (tertiary/aromatic N) is 2. The number of hydrogen-bond donors (Lipinski definition) is 2. The summed E-state index contributed by atoms with van der Waals surface area (Å²) in [6, 6.07) is 8.33. The highest BCUT2D eigenvalue weighted by molar-refractivity contribution is 5.92. The molecule has 0 radical (unpaired) electrons. The molecule has 1 aliphatic rings. The molecule has 23 heavy (non-hydrogen) atoms.